The van der Waals surface area contributed by atoms with Crippen molar-refractivity contribution < 1.29 is 13.2 Å². The van der Waals surface area contributed by atoms with Crippen LogP contribution in [0.4, 0.5) is 0 Å². The molecule has 2 aromatic carbocycles. The number of Topliss-reactive ketones (excluding diaryl/α,β-unsaturated/α-hetero) is 1. The fourth-order valence-electron chi connectivity index (χ4n) is 3.79. The first kappa shape index (κ1) is 22.6. The van der Waals surface area contributed by atoms with Crippen LogP contribution in [-0.2, 0) is 9.84 Å². The van der Waals surface area contributed by atoms with Gasteiger partial charge in [-0.1, -0.05) is 60.7 Å². The molecule has 1 atom stereocenters. The van der Waals surface area contributed by atoms with Gasteiger partial charge in [0.2, 0.25) is 0 Å². The third-order valence-electron chi connectivity index (χ3n) is 5.47. The monoisotopic (exact) mass is 458 g/mol. The zero-order chi connectivity index (χ0) is 22.6. The van der Waals surface area contributed by atoms with Gasteiger partial charge < -0.3 is 0 Å². The molecule has 0 saturated carbocycles. The van der Waals surface area contributed by atoms with Crippen molar-refractivity contribution in [1.82, 2.24) is 0 Å². The van der Waals surface area contributed by atoms with Gasteiger partial charge in [0.15, 0.2) is 15.6 Å². The van der Waals surface area contributed by atoms with E-state index < -0.39 is 9.84 Å². The highest BCUT2D eigenvalue weighted by molar-refractivity contribution is 8.00. The summed E-state index contributed by atoms with van der Waals surface area (Å²) >= 11 is 1.61. The Labute approximate surface area is 195 Å². The smallest absolute Gasteiger partial charge is 0.199 e. The lowest BCUT2D eigenvalue weighted by atomic mass is 9.88. The molecular formula is C26H23BO3S2. The van der Waals surface area contributed by atoms with E-state index in [0.717, 1.165) is 10.5 Å². The highest BCUT2D eigenvalue weighted by Gasteiger charge is 2.29. The average molecular weight is 458 g/mol. The fraction of sp³-hybridized carbons (Fsp3) is 0.192. The molecule has 32 heavy (non-hydrogen) atoms. The Kier molecular flexibility index (Phi) is 7.02. The van der Waals surface area contributed by atoms with Gasteiger partial charge >= 0.3 is 0 Å². The van der Waals surface area contributed by atoms with Crippen molar-refractivity contribution in [3.05, 3.63) is 111 Å². The molecule has 2 radical (unpaired) electrons. The Bertz CT molecular complexity index is 1220. The van der Waals surface area contributed by atoms with E-state index in [4.69, 9.17) is 7.85 Å². The van der Waals surface area contributed by atoms with Gasteiger partial charge in [-0.2, -0.15) is 0 Å². The highest BCUT2D eigenvalue weighted by Crippen LogP contribution is 2.38. The van der Waals surface area contributed by atoms with Crippen LogP contribution in [0.5, 0.6) is 0 Å². The zero-order valence-corrected chi connectivity index (χ0v) is 19.2. The Morgan fingerprint density at radius 1 is 0.938 bits per heavy atom. The van der Waals surface area contributed by atoms with Gasteiger partial charge in [-0.05, 0) is 49.1 Å². The summed E-state index contributed by atoms with van der Waals surface area (Å²) in [4.78, 5) is 14.6. The summed E-state index contributed by atoms with van der Waals surface area (Å²) in [5, 5.41) is -0.0736. The van der Waals surface area contributed by atoms with E-state index in [1.165, 1.54) is 0 Å². The second-order valence-electron chi connectivity index (χ2n) is 7.87. The van der Waals surface area contributed by atoms with E-state index in [-0.39, 0.29) is 17.5 Å². The second kappa shape index (κ2) is 9.93. The minimum absolute atomic E-state index is 0.0252. The van der Waals surface area contributed by atoms with Crippen molar-refractivity contribution in [2.75, 3.05) is 0 Å². The van der Waals surface area contributed by atoms with E-state index in [1.807, 2.05) is 54.6 Å². The molecule has 0 aliphatic heterocycles. The summed E-state index contributed by atoms with van der Waals surface area (Å²) < 4.78 is 26.8. The number of benzene rings is 2. The molecular weight excluding hydrogens is 435 g/mol. The van der Waals surface area contributed by atoms with Crippen molar-refractivity contribution in [2.24, 2.45) is 0 Å². The highest BCUT2D eigenvalue weighted by atomic mass is 32.2. The lowest BCUT2D eigenvalue weighted by Crippen LogP contribution is -2.17. The van der Waals surface area contributed by atoms with E-state index >= 15 is 0 Å². The molecule has 160 valence electrons. The molecule has 2 aliphatic carbocycles. The molecule has 3 nitrogen and oxygen atoms in total. The van der Waals surface area contributed by atoms with Crippen LogP contribution in [0, 0.1) is 0 Å². The molecule has 1 unspecified atom stereocenters. The van der Waals surface area contributed by atoms with Crippen molar-refractivity contribution in [1.29, 1.82) is 0 Å². The molecule has 0 N–H and O–H groups in total. The largest absolute Gasteiger partial charge is 0.294 e. The van der Waals surface area contributed by atoms with Gasteiger partial charge in [0.1, 0.15) is 7.85 Å². The summed E-state index contributed by atoms with van der Waals surface area (Å²) in [6, 6.07) is 19.0. The van der Waals surface area contributed by atoms with Gasteiger partial charge in [-0.15, -0.1) is 17.2 Å². The minimum Gasteiger partial charge on any atom is -0.294 e. The minimum atomic E-state index is -3.61. The van der Waals surface area contributed by atoms with Crippen molar-refractivity contribution in [3.8, 4) is 0 Å². The van der Waals surface area contributed by atoms with Gasteiger partial charge in [-0.3, -0.25) is 4.79 Å². The quantitative estimate of drug-likeness (QED) is 0.390. The molecule has 0 bridgehead atoms. The zero-order valence-electron chi connectivity index (χ0n) is 17.6. The summed E-state index contributed by atoms with van der Waals surface area (Å²) in [6.45, 7) is 0. The maximum atomic E-state index is 13.4. The third-order valence-corrected chi connectivity index (χ3v) is 8.63. The van der Waals surface area contributed by atoms with Gasteiger partial charge in [0.05, 0.1) is 4.91 Å². The topological polar surface area (TPSA) is 51.2 Å². The van der Waals surface area contributed by atoms with E-state index in [9.17, 15) is 13.2 Å². The van der Waals surface area contributed by atoms with Crippen molar-refractivity contribution in [3.63, 3.8) is 0 Å². The van der Waals surface area contributed by atoms with E-state index in [0.29, 0.717) is 40.1 Å². The van der Waals surface area contributed by atoms with Crippen LogP contribution in [0.25, 0.3) is 0 Å². The van der Waals surface area contributed by atoms with E-state index in [2.05, 4.69) is 0 Å². The molecule has 0 fully saturated rings. The first-order valence-corrected chi connectivity index (χ1v) is 12.9. The maximum absolute atomic E-state index is 13.4. The lowest BCUT2D eigenvalue weighted by molar-refractivity contribution is 0.0993. The summed E-state index contributed by atoms with van der Waals surface area (Å²) in [5.74, 6) is -0.0252. The number of ketones is 1. The molecule has 0 aromatic heterocycles. The first-order valence-electron chi connectivity index (χ1n) is 10.5. The van der Waals surface area contributed by atoms with Gasteiger partial charge in [0.25, 0.3) is 0 Å². The van der Waals surface area contributed by atoms with Crippen LogP contribution in [0.1, 0.15) is 36.0 Å². The lowest BCUT2D eigenvalue weighted by Gasteiger charge is -2.23. The average Bonchev–Trinajstić information content (AvgIpc) is 2.80. The van der Waals surface area contributed by atoms with Crippen LogP contribution in [0.2, 0.25) is 0 Å². The number of carbonyl (C=O) groups is 1. The first-order chi connectivity index (χ1) is 15.4. The fourth-order valence-corrected chi connectivity index (χ4v) is 6.73. The standard InChI is InChI=1S/C26H23BO3S2/c27-21-11-13-24(14-12-21)32(29,30)25-16-19(17-26(28)20-7-3-1-4-8-20)15-23(18-25)31-22-9-5-2-6-10-22/h1-11,13,15-16,23H,12,14,17-18H2. The Balaban J connectivity index is 1.64. The van der Waals surface area contributed by atoms with Crippen molar-refractivity contribution >= 4 is 35.2 Å². The molecule has 2 aliphatic rings. The third kappa shape index (κ3) is 5.43. The molecule has 6 heteroatoms. The molecule has 0 spiro atoms. The molecule has 2 aromatic rings. The summed E-state index contributed by atoms with van der Waals surface area (Å²) in [6.07, 6.45) is 8.51. The van der Waals surface area contributed by atoms with Crippen LogP contribution in [-0.4, -0.2) is 27.3 Å². The summed E-state index contributed by atoms with van der Waals surface area (Å²) in [7, 11) is 2.21. The summed E-state index contributed by atoms with van der Waals surface area (Å²) in [5.41, 5.74) is 2.05. The van der Waals surface area contributed by atoms with Crippen LogP contribution >= 0.6 is 11.8 Å². The van der Waals surface area contributed by atoms with Crippen LogP contribution < -0.4 is 0 Å². The Morgan fingerprint density at radius 2 is 1.62 bits per heavy atom. The molecule has 0 amide bonds. The van der Waals surface area contributed by atoms with Crippen molar-refractivity contribution in [2.45, 2.75) is 35.8 Å². The number of hydrogen-bond donors (Lipinski definition) is 0. The normalized spacial score (nSPS) is 18.8. The van der Waals surface area contributed by atoms with Gasteiger partial charge in [0, 0.05) is 27.0 Å². The number of carbonyl (C=O) groups excluding carboxylic acids is 1. The molecule has 0 saturated heterocycles. The maximum Gasteiger partial charge on any atom is 0.199 e. The predicted octanol–water partition coefficient (Wildman–Crippen LogP) is 5.78. The van der Waals surface area contributed by atoms with E-state index in [1.54, 1.807) is 42.1 Å². The molecule has 0 heterocycles. The number of sulfone groups is 1. The second-order valence-corrected chi connectivity index (χ2v) is 11.2. The number of rotatable bonds is 7. The number of allylic oxidation sites excluding steroid dienone is 7. The van der Waals surface area contributed by atoms with Crippen LogP contribution in [0.3, 0.4) is 0 Å². The molecule has 4 rings (SSSR count). The van der Waals surface area contributed by atoms with Gasteiger partial charge in [-0.25, -0.2) is 8.42 Å². The SMILES string of the molecule is [B]C1=CC=C(S(=O)(=O)C2=CC(CC(=O)c3ccccc3)=CC(Sc3ccccc3)C2)CC1. The Morgan fingerprint density at radius 3 is 2.28 bits per heavy atom. The predicted molar refractivity (Wildman–Crippen MR) is 132 cm³/mol. The number of hydrogen-bond acceptors (Lipinski definition) is 4. The number of thioether (sulfide) groups is 1. The van der Waals surface area contributed by atoms with Crippen LogP contribution in [0.15, 0.2) is 111 Å². The Hall–Kier alpha value is -2.57.